The lowest BCUT2D eigenvalue weighted by Crippen LogP contribution is -2.38. The van der Waals surface area contributed by atoms with Crippen LogP contribution in [0.25, 0.3) is 11.4 Å². The van der Waals surface area contributed by atoms with Crippen LogP contribution in [-0.4, -0.2) is 80.7 Å². The molecule has 1 saturated heterocycles. The Balaban J connectivity index is 1.58. The molecule has 1 fully saturated rings. The zero-order valence-electron chi connectivity index (χ0n) is 21.4. The Morgan fingerprint density at radius 2 is 1.94 bits per heavy atom. The molecule has 2 aromatic rings. The van der Waals surface area contributed by atoms with Crippen molar-refractivity contribution < 1.29 is 14.2 Å². The fourth-order valence-corrected chi connectivity index (χ4v) is 4.51. The SMILES string of the molecule is CCCOc1ccc(COCCN2CCOCC2)cc1-c1nc2c(c(=O)[nH]1)[N+](C)(C)N=C2CCC. The molecule has 0 unspecified atom stereocenters. The second kappa shape index (κ2) is 11.4. The molecule has 35 heavy (non-hydrogen) atoms. The van der Waals surface area contributed by atoms with Gasteiger partial charge in [-0.2, -0.15) is 4.59 Å². The van der Waals surface area contributed by atoms with Crippen molar-refractivity contribution >= 4 is 11.4 Å². The maximum atomic E-state index is 13.2. The van der Waals surface area contributed by atoms with Gasteiger partial charge < -0.3 is 19.2 Å². The Labute approximate surface area is 207 Å². The van der Waals surface area contributed by atoms with Crippen LogP contribution in [0.3, 0.4) is 0 Å². The summed E-state index contributed by atoms with van der Waals surface area (Å²) >= 11 is 0. The molecule has 1 aromatic heterocycles. The van der Waals surface area contributed by atoms with Crippen molar-refractivity contribution in [1.82, 2.24) is 19.5 Å². The molecule has 1 N–H and O–H groups in total. The highest BCUT2D eigenvalue weighted by atomic mass is 16.5. The number of nitrogens with zero attached hydrogens (tertiary/aromatic N) is 4. The summed E-state index contributed by atoms with van der Waals surface area (Å²) in [4.78, 5) is 23.4. The number of aromatic nitrogens is 2. The summed E-state index contributed by atoms with van der Waals surface area (Å²) in [6.45, 7) is 10.3. The van der Waals surface area contributed by atoms with Gasteiger partial charge in [0.25, 0.3) is 5.69 Å². The van der Waals surface area contributed by atoms with Crippen molar-refractivity contribution in [3.8, 4) is 17.1 Å². The van der Waals surface area contributed by atoms with E-state index >= 15 is 0 Å². The van der Waals surface area contributed by atoms with E-state index in [0.29, 0.717) is 42.8 Å². The van der Waals surface area contributed by atoms with Crippen molar-refractivity contribution in [1.29, 1.82) is 0 Å². The first-order valence-electron chi connectivity index (χ1n) is 12.6. The zero-order valence-corrected chi connectivity index (χ0v) is 21.4. The average Bonchev–Trinajstić information content (AvgIpc) is 3.11. The molecule has 2 aliphatic rings. The molecule has 9 nitrogen and oxygen atoms in total. The first kappa shape index (κ1) is 25.5. The first-order chi connectivity index (χ1) is 16.9. The van der Waals surface area contributed by atoms with Crippen LogP contribution in [0.2, 0.25) is 0 Å². The number of morpholine rings is 1. The van der Waals surface area contributed by atoms with Crippen LogP contribution in [0.4, 0.5) is 5.69 Å². The van der Waals surface area contributed by atoms with Gasteiger partial charge in [-0.1, -0.05) is 31.4 Å². The minimum atomic E-state index is -0.168. The quantitative estimate of drug-likeness (QED) is 0.389. The summed E-state index contributed by atoms with van der Waals surface area (Å²) in [6, 6.07) is 5.97. The van der Waals surface area contributed by atoms with Gasteiger partial charge in [0.15, 0.2) is 5.69 Å². The number of H-pyrrole nitrogens is 1. The van der Waals surface area contributed by atoms with Gasteiger partial charge >= 0.3 is 5.56 Å². The van der Waals surface area contributed by atoms with Gasteiger partial charge in [-0.05, 0) is 30.5 Å². The monoisotopic (exact) mass is 484 g/mol. The summed E-state index contributed by atoms with van der Waals surface area (Å²) in [5.41, 5.74) is 3.74. The second-order valence-corrected chi connectivity index (χ2v) is 9.49. The molecule has 0 radical (unpaired) electrons. The number of nitrogens with one attached hydrogen (secondary N) is 1. The van der Waals surface area contributed by atoms with E-state index in [2.05, 4.69) is 23.7 Å². The van der Waals surface area contributed by atoms with E-state index in [4.69, 9.17) is 24.3 Å². The lowest BCUT2D eigenvalue weighted by Gasteiger charge is -2.26. The van der Waals surface area contributed by atoms with Crippen molar-refractivity contribution in [2.75, 3.05) is 60.2 Å². The number of hydrogen-bond donors (Lipinski definition) is 1. The summed E-state index contributed by atoms with van der Waals surface area (Å²) < 4.78 is 17.6. The molecular formula is C26H38N5O4+. The van der Waals surface area contributed by atoms with Crippen molar-refractivity contribution in [2.24, 2.45) is 5.10 Å². The lowest BCUT2D eigenvalue weighted by molar-refractivity contribution is 0.0180. The molecule has 0 spiro atoms. The van der Waals surface area contributed by atoms with Crippen LogP contribution in [0.15, 0.2) is 28.1 Å². The first-order valence-corrected chi connectivity index (χ1v) is 12.6. The van der Waals surface area contributed by atoms with Gasteiger partial charge in [0.05, 0.1) is 52.7 Å². The minimum absolute atomic E-state index is 0.156. The Kier molecular flexibility index (Phi) is 8.33. The molecule has 2 aliphatic heterocycles. The van der Waals surface area contributed by atoms with Crippen LogP contribution in [0.1, 0.15) is 44.4 Å². The Morgan fingerprint density at radius 1 is 1.14 bits per heavy atom. The number of aromatic amines is 1. The van der Waals surface area contributed by atoms with E-state index in [1.165, 1.54) is 0 Å². The van der Waals surface area contributed by atoms with Gasteiger partial charge in [-0.15, -0.1) is 0 Å². The van der Waals surface area contributed by atoms with Crippen LogP contribution in [0.5, 0.6) is 5.75 Å². The highest BCUT2D eigenvalue weighted by molar-refractivity contribution is 6.06. The van der Waals surface area contributed by atoms with Crippen LogP contribution < -0.4 is 14.9 Å². The second-order valence-electron chi connectivity index (χ2n) is 9.49. The highest BCUT2D eigenvalue weighted by Gasteiger charge is 2.38. The van der Waals surface area contributed by atoms with Gasteiger partial charge in [-0.25, -0.2) is 4.98 Å². The number of benzene rings is 1. The van der Waals surface area contributed by atoms with Gasteiger partial charge in [-0.3, -0.25) is 9.69 Å². The number of ether oxygens (including phenoxy) is 3. The molecule has 1 aromatic carbocycles. The maximum Gasteiger partial charge on any atom is 0.315 e. The Morgan fingerprint density at radius 3 is 2.69 bits per heavy atom. The van der Waals surface area contributed by atoms with E-state index < -0.39 is 0 Å². The molecule has 3 heterocycles. The molecule has 190 valence electrons. The summed E-state index contributed by atoms with van der Waals surface area (Å²) in [5.74, 6) is 1.20. The molecular weight excluding hydrogens is 446 g/mol. The Hall–Kier alpha value is -2.59. The Bertz CT molecular complexity index is 1110. The predicted molar refractivity (Wildman–Crippen MR) is 138 cm³/mol. The summed E-state index contributed by atoms with van der Waals surface area (Å²) in [7, 11) is 3.81. The fraction of sp³-hybridized carbons (Fsp3) is 0.577. The summed E-state index contributed by atoms with van der Waals surface area (Å²) in [6.07, 6.45) is 2.60. The number of hydrogen-bond acceptors (Lipinski definition) is 7. The number of rotatable bonds is 11. The summed E-state index contributed by atoms with van der Waals surface area (Å²) in [5, 5.41) is 4.76. The molecule has 0 atom stereocenters. The normalized spacial score (nSPS) is 17.3. The van der Waals surface area contributed by atoms with Crippen LogP contribution >= 0.6 is 0 Å². The largest absolute Gasteiger partial charge is 0.493 e. The highest BCUT2D eigenvalue weighted by Crippen LogP contribution is 2.33. The van der Waals surface area contributed by atoms with E-state index in [0.717, 1.165) is 68.9 Å². The molecule has 0 bridgehead atoms. The predicted octanol–water partition coefficient (Wildman–Crippen LogP) is 3.16. The van der Waals surface area contributed by atoms with E-state index in [9.17, 15) is 4.79 Å². The third-order valence-corrected chi connectivity index (χ3v) is 6.26. The van der Waals surface area contributed by atoms with E-state index in [1.807, 2.05) is 32.3 Å². The molecule has 4 rings (SSSR count). The van der Waals surface area contributed by atoms with Crippen LogP contribution in [0, 0.1) is 0 Å². The third kappa shape index (κ3) is 5.98. The number of fused-ring (bicyclic) bond motifs is 1. The van der Waals surface area contributed by atoms with Gasteiger partial charge in [0.2, 0.25) is 0 Å². The molecule has 0 aliphatic carbocycles. The zero-order chi connectivity index (χ0) is 24.8. The smallest absolute Gasteiger partial charge is 0.315 e. The lowest BCUT2D eigenvalue weighted by atomic mass is 10.1. The standard InChI is InChI=1S/C26H37N5O4/c1-5-7-21-23-24(31(3,4)29-21)26(32)28-25(27-23)20-17-19(8-9-22(20)35-13-6-2)18-34-16-12-30-10-14-33-15-11-30/h8-9,17H,5-7,10-16,18H2,1-4H3/p+1. The molecule has 0 saturated carbocycles. The molecule has 0 amide bonds. The third-order valence-electron chi connectivity index (χ3n) is 6.26. The molecule has 9 heteroatoms. The maximum absolute atomic E-state index is 13.2. The minimum Gasteiger partial charge on any atom is -0.493 e. The van der Waals surface area contributed by atoms with Crippen LogP contribution in [-0.2, 0) is 16.1 Å². The van der Waals surface area contributed by atoms with Crippen molar-refractivity contribution in [3.63, 3.8) is 0 Å². The van der Waals surface area contributed by atoms with Gasteiger partial charge in [0.1, 0.15) is 17.3 Å². The van der Waals surface area contributed by atoms with Gasteiger partial charge in [0, 0.05) is 19.6 Å². The van der Waals surface area contributed by atoms with Crippen molar-refractivity contribution in [2.45, 2.75) is 39.7 Å². The van der Waals surface area contributed by atoms with Crippen molar-refractivity contribution in [3.05, 3.63) is 39.8 Å². The topological polar surface area (TPSA) is 89.0 Å². The number of quaternary nitrogens is 1. The van der Waals surface area contributed by atoms with E-state index in [1.54, 1.807) is 0 Å². The average molecular weight is 485 g/mol. The fourth-order valence-electron chi connectivity index (χ4n) is 4.51. The van der Waals surface area contributed by atoms with E-state index in [-0.39, 0.29) is 10.2 Å².